The standard InChI is InChI=1S/C14H10F2O2S/c1-8-4-2-3-5-12(8)19-13-10(15)6-9(14(17)18)7-11(13)16/h2-7H,1H3,(H,17,18). The molecular weight excluding hydrogens is 270 g/mol. The van der Waals surface area contributed by atoms with E-state index in [4.69, 9.17) is 5.11 Å². The topological polar surface area (TPSA) is 37.3 Å². The van der Waals surface area contributed by atoms with E-state index in [0.717, 1.165) is 34.4 Å². The molecule has 0 aliphatic heterocycles. The van der Waals surface area contributed by atoms with Crippen LogP contribution in [-0.4, -0.2) is 11.1 Å². The zero-order valence-electron chi connectivity index (χ0n) is 9.98. The Labute approximate surface area is 113 Å². The number of aromatic carboxylic acids is 1. The fourth-order valence-electron chi connectivity index (χ4n) is 1.56. The van der Waals surface area contributed by atoms with Crippen LogP contribution in [0.25, 0.3) is 0 Å². The summed E-state index contributed by atoms with van der Waals surface area (Å²) in [4.78, 5) is 11.2. The van der Waals surface area contributed by atoms with Crippen LogP contribution in [0.2, 0.25) is 0 Å². The monoisotopic (exact) mass is 280 g/mol. The molecule has 0 fully saturated rings. The Hall–Kier alpha value is -1.88. The lowest BCUT2D eigenvalue weighted by Crippen LogP contribution is -2.00. The minimum absolute atomic E-state index is 0.195. The summed E-state index contributed by atoms with van der Waals surface area (Å²) in [5, 5.41) is 8.72. The molecule has 0 bridgehead atoms. The van der Waals surface area contributed by atoms with Gasteiger partial charge in [-0.1, -0.05) is 30.0 Å². The normalized spacial score (nSPS) is 10.5. The van der Waals surface area contributed by atoms with Gasteiger partial charge in [0.15, 0.2) is 0 Å². The zero-order chi connectivity index (χ0) is 14.0. The van der Waals surface area contributed by atoms with Gasteiger partial charge in [0.1, 0.15) is 11.6 Å². The molecule has 0 saturated carbocycles. The van der Waals surface area contributed by atoms with Crippen molar-refractivity contribution in [3.8, 4) is 0 Å². The second kappa shape index (κ2) is 5.40. The molecule has 2 aromatic rings. The Balaban J connectivity index is 2.42. The van der Waals surface area contributed by atoms with Crippen LogP contribution in [-0.2, 0) is 0 Å². The van der Waals surface area contributed by atoms with Crippen molar-refractivity contribution >= 4 is 17.7 Å². The lowest BCUT2D eigenvalue weighted by atomic mass is 10.2. The largest absolute Gasteiger partial charge is 0.478 e. The van der Waals surface area contributed by atoms with Gasteiger partial charge in [0.2, 0.25) is 0 Å². The van der Waals surface area contributed by atoms with Crippen LogP contribution in [0.3, 0.4) is 0 Å². The van der Waals surface area contributed by atoms with Gasteiger partial charge >= 0.3 is 5.97 Å². The van der Waals surface area contributed by atoms with Crippen LogP contribution >= 0.6 is 11.8 Å². The summed E-state index contributed by atoms with van der Waals surface area (Å²) in [7, 11) is 0. The average Bonchev–Trinajstić information content (AvgIpc) is 2.35. The van der Waals surface area contributed by atoms with Crippen molar-refractivity contribution in [2.75, 3.05) is 0 Å². The molecule has 2 aromatic carbocycles. The van der Waals surface area contributed by atoms with Crippen molar-refractivity contribution in [2.45, 2.75) is 16.7 Å². The van der Waals surface area contributed by atoms with Gasteiger partial charge in [-0.3, -0.25) is 0 Å². The van der Waals surface area contributed by atoms with Gasteiger partial charge in [-0.15, -0.1) is 0 Å². The number of carbonyl (C=O) groups is 1. The maximum atomic E-state index is 13.8. The molecule has 0 aromatic heterocycles. The quantitative estimate of drug-likeness (QED) is 0.918. The first-order valence-corrected chi connectivity index (χ1v) is 6.26. The summed E-state index contributed by atoms with van der Waals surface area (Å²) < 4.78 is 27.5. The second-order valence-electron chi connectivity index (χ2n) is 3.94. The summed E-state index contributed by atoms with van der Waals surface area (Å²) in [6, 6.07) is 8.85. The Morgan fingerprint density at radius 3 is 2.26 bits per heavy atom. The molecule has 0 spiro atoms. The smallest absolute Gasteiger partial charge is 0.335 e. The molecule has 0 saturated heterocycles. The van der Waals surface area contributed by atoms with E-state index in [9.17, 15) is 13.6 Å². The van der Waals surface area contributed by atoms with Crippen molar-refractivity contribution < 1.29 is 18.7 Å². The summed E-state index contributed by atoms with van der Waals surface area (Å²) in [6.45, 7) is 1.84. The molecule has 2 rings (SSSR count). The van der Waals surface area contributed by atoms with Crippen molar-refractivity contribution in [1.82, 2.24) is 0 Å². The van der Waals surface area contributed by atoms with E-state index in [0.29, 0.717) is 0 Å². The Morgan fingerprint density at radius 1 is 1.16 bits per heavy atom. The first-order chi connectivity index (χ1) is 8.99. The maximum absolute atomic E-state index is 13.8. The van der Waals surface area contributed by atoms with E-state index in [1.807, 2.05) is 19.1 Å². The minimum Gasteiger partial charge on any atom is -0.478 e. The molecule has 0 heterocycles. The first-order valence-electron chi connectivity index (χ1n) is 5.45. The van der Waals surface area contributed by atoms with Crippen molar-refractivity contribution in [3.63, 3.8) is 0 Å². The van der Waals surface area contributed by atoms with E-state index in [-0.39, 0.29) is 4.90 Å². The van der Waals surface area contributed by atoms with E-state index < -0.39 is 23.2 Å². The number of aryl methyl sites for hydroxylation is 1. The van der Waals surface area contributed by atoms with Crippen molar-refractivity contribution in [1.29, 1.82) is 0 Å². The van der Waals surface area contributed by atoms with Gasteiger partial charge in [-0.2, -0.15) is 0 Å². The number of rotatable bonds is 3. The molecule has 98 valence electrons. The van der Waals surface area contributed by atoms with Crippen molar-refractivity contribution in [2.24, 2.45) is 0 Å². The average molecular weight is 280 g/mol. The number of benzene rings is 2. The highest BCUT2D eigenvalue weighted by atomic mass is 32.2. The Morgan fingerprint density at radius 2 is 1.74 bits per heavy atom. The van der Waals surface area contributed by atoms with Gasteiger partial charge < -0.3 is 5.11 Å². The van der Waals surface area contributed by atoms with Gasteiger partial charge in [0, 0.05) is 4.90 Å². The molecule has 19 heavy (non-hydrogen) atoms. The Bertz CT molecular complexity index is 618. The highest BCUT2D eigenvalue weighted by Gasteiger charge is 2.16. The van der Waals surface area contributed by atoms with Gasteiger partial charge in [0.25, 0.3) is 0 Å². The fourth-order valence-corrected chi connectivity index (χ4v) is 2.47. The molecule has 0 aliphatic rings. The van der Waals surface area contributed by atoms with E-state index in [1.54, 1.807) is 12.1 Å². The molecule has 0 aliphatic carbocycles. The minimum atomic E-state index is -1.36. The van der Waals surface area contributed by atoms with E-state index >= 15 is 0 Å². The van der Waals surface area contributed by atoms with E-state index in [1.165, 1.54) is 0 Å². The predicted octanol–water partition coefficient (Wildman–Crippen LogP) is 4.12. The van der Waals surface area contributed by atoms with Crippen LogP contribution in [0.15, 0.2) is 46.2 Å². The lowest BCUT2D eigenvalue weighted by Gasteiger charge is -2.08. The third-order valence-corrected chi connectivity index (χ3v) is 3.82. The first kappa shape index (κ1) is 13.5. The molecule has 0 radical (unpaired) electrons. The SMILES string of the molecule is Cc1ccccc1Sc1c(F)cc(C(=O)O)cc1F. The summed E-state index contributed by atoms with van der Waals surface area (Å²) in [5.41, 5.74) is 0.498. The van der Waals surface area contributed by atoms with Crippen molar-refractivity contribution in [3.05, 3.63) is 59.2 Å². The third kappa shape index (κ3) is 2.93. The van der Waals surface area contributed by atoms with Gasteiger partial charge in [-0.05, 0) is 30.7 Å². The summed E-state index contributed by atoms with van der Waals surface area (Å²) in [5.74, 6) is -3.10. The highest BCUT2D eigenvalue weighted by molar-refractivity contribution is 7.99. The fraction of sp³-hybridized carbons (Fsp3) is 0.0714. The third-order valence-electron chi connectivity index (χ3n) is 2.55. The number of hydrogen-bond acceptors (Lipinski definition) is 2. The summed E-state index contributed by atoms with van der Waals surface area (Å²) in [6.07, 6.45) is 0. The molecule has 0 amide bonds. The highest BCUT2D eigenvalue weighted by Crippen LogP contribution is 2.34. The van der Waals surface area contributed by atoms with Crippen LogP contribution in [0, 0.1) is 18.6 Å². The Kier molecular flexibility index (Phi) is 3.85. The molecular formula is C14H10F2O2S. The number of carboxylic acids is 1. The predicted molar refractivity (Wildman–Crippen MR) is 68.6 cm³/mol. The zero-order valence-corrected chi connectivity index (χ0v) is 10.8. The molecule has 0 unspecified atom stereocenters. The van der Waals surface area contributed by atoms with Crippen LogP contribution in [0.4, 0.5) is 8.78 Å². The second-order valence-corrected chi connectivity index (χ2v) is 4.99. The number of hydrogen-bond donors (Lipinski definition) is 1. The van der Waals surface area contributed by atoms with Gasteiger partial charge in [0.05, 0.1) is 10.5 Å². The van der Waals surface area contributed by atoms with Gasteiger partial charge in [-0.25, -0.2) is 13.6 Å². The van der Waals surface area contributed by atoms with Crippen LogP contribution in [0.1, 0.15) is 15.9 Å². The van der Waals surface area contributed by atoms with E-state index in [2.05, 4.69) is 0 Å². The molecule has 5 heteroatoms. The maximum Gasteiger partial charge on any atom is 0.335 e. The molecule has 1 N–H and O–H groups in total. The lowest BCUT2D eigenvalue weighted by molar-refractivity contribution is 0.0695. The summed E-state index contributed by atoms with van der Waals surface area (Å²) >= 11 is 0.945. The molecule has 2 nitrogen and oxygen atoms in total. The van der Waals surface area contributed by atoms with Crippen LogP contribution in [0.5, 0.6) is 0 Å². The number of halogens is 2. The number of carboxylic acid groups (broad SMARTS) is 1. The molecule has 0 atom stereocenters. The van der Waals surface area contributed by atoms with Crippen LogP contribution < -0.4 is 0 Å².